The SMILES string of the molecule is COC1=C(OC)C(=O)c2cc3ccccc3cc2C1=O. The van der Waals surface area contributed by atoms with Gasteiger partial charge in [0, 0.05) is 11.1 Å². The zero-order valence-corrected chi connectivity index (χ0v) is 11.1. The fourth-order valence-electron chi connectivity index (χ4n) is 2.44. The quantitative estimate of drug-likeness (QED) is 0.840. The normalized spacial score (nSPS) is 14.5. The monoisotopic (exact) mass is 268 g/mol. The third kappa shape index (κ3) is 1.61. The highest BCUT2D eigenvalue weighted by atomic mass is 16.5. The maximum atomic E-state index is 12.4. The topological polar surface area (TPSA) is 52.6 Å². The van der Waals surface area contributed by atoms with Gasteiger partial charge in [0.15, 0.2) is 0 Å². The molecule has 0 spiro atoms. The predicted octanol–water partition coefficient (Wildman–Crippen LogP) is 2.72. The fraction of sp³-hybridized carbons (Fsp3) is 0.125. The molecule has 0 saturated heterocycles. The second-order valence-electron chi connectivity index (χ2n) is 4.47. The van der Waals surface area contributed by atoms with E-state index >= 15 is 0 Å². The number of fused-ring (bicyclic) bond motifs is 2. The molecule has 1 aliphatic rings. The van der Waals surface area contributed by atoms with E-state index < -0.39 is 0 Å². The van der Waals surface area contributed by atoms with Crippen LogP contribution >= 0.6 is 0 Å². The minimum absolute atomic E-state index is 0.0414. The van der Waals surface area contributed by atoms with Crippen LogP contribution in [0.5, 0.6) is 0 Å². The Bertz CT molecular complexity index is 707. The van der Waals surface area contributed by atoms with Crippen LogP contribution in [0.15, 0.2) is 47.9 Å². The standard InChI is InChI=1S/C16H12O4/c1-19-15-13(17)11-7-9-5-3-4-6-10(9)8-12(11)14(18)16(15)20-2/h3-8H,1-2H3. The van der Waals surface area contributed by atoms with Crippen LogP contribution in [0, 0.1) is 0 Å². The van der Waals surface area contributed by atoms with Crippen LogP contribution in [0.4, 0.5) is 0 Å². The van der Waals surface area contributed by atoms with Crippen LogP contribution in [-0.2, 0) is 9.47 Å². The molecule has 3 rings (SSSR count). The lowest BCUT2D eigenvalue weighted by Crippen LogP contribution is -2.24. The molecular formula is C16H12O4. The third-order valence-electron chi connectivity index (χ3n) is 3.40. The summed E-state index contributed by atoms with van der Waals surface area (Å²) < 4.78 is 10.1. The van der Waals surface area contributed by atoms with Crippen molar-refractivity contribution in [2.45, 2.75) is 0 Å². The van der Waals surface area contributed by atoms with Gasteiger partial charge < -0.3 is 9.47 Å². The Morgan fingerprint density at radius 2 is 1.15 bits per heavy atom. The van der Waals surface area contributed by atoms with Crippen molar-refractivity contribution in [1.82, 2.24) is 0 Å². The summed E-state index contributed by atoms with van der Waals surface area (Å²) in [6.07, 6.45) is 0. The number of carbonyl (C=O) groups is 2. The first kappa shape index (κ1) is 12.4. The molecule has 0 unspecified atom stereocenters. The first-order valence-electron chi connectivity index (χ1n) is 6.12. The predicted molar refractivity (Wildman–Crippen MR) is 73.7 cm³/mol. The van der Waals surface area contributed by atoms with Gasteiger partial charge >= 0.3 is 0 Å². The van der Waals surface area contributed by atoms with Gasteiger partial charge in [-0.05, 0) is 22.9 Å². The van der Waals surface area contributed by atoms with E-state index in [1.165, 1.54) is 14.2 Å². The van der Waals surface area contributed by atoms with Gasteiger partial charge in [0.25, 0.3) is 0 Å². The number of ether oxygens (including phenoxy) is 2. The Labute approximate surface area is 115 Å². The summed E-state index contributed by atoms with van der Waals surface area (Å²) in [6, 6.07) is 11.0. The molecule has 0 fully saturated rings. The van der Waals surface area contributed by atoms with Crippen LogP contribution < -0.4 is 0 Å². The van der Waals surface area contributed by atoms with E-state index in [1.54, 1.807) is 12.1 Å². The zero-order chi connectivity index (χ0) is 14.3. The van der Waals surface area contributed by atoms with Crippen molar-refractivity contribution in [1.29, 1.82) is 0 Å². The van der Waals surface area contributed by atoms with E-state index in [0.29, 0.717) is 11.1 Å². The molecule has 0 saturated carbocycles. The number of allylic oxidation sites excluding steroid dienone is 2. The van der Waals surface area contributed by atoms with Crippen molar-refractivity contribution < 1.29 is 19.1 Å². The Kier molecular flexibility index (Phi) is 2.79. The molecule has 100 valence electrons. The molecule has 2 aromatic rings. The molecule has 2 aromatic carbocycles. The molecule has 4 nitrogen and oxygen atoms in total. The summed E-state index contributed by atoms with van der Waals surface area (Å²) in [5, 5.41) is 1.81. The molecule has 0 heterocycles. The van der Waals surface area contributed by atoms with Crippen molar-refractivity contribution >= 4 is 22.3 Å². The third-order valence-corrected chi connectivity index (χ3v) is 3.40. The summed E-state index contributed by atoms with van der Waals surface area (Å²) in [5.41, 5.74) is 0.706. The summed E-state index contributed by atoms with van der Waals surface area (Å²) in [4.78, 5) is 24.8. The van der Waals surface area contributed by atoms with Gasteiger partial charge in [0.1, 0.15) is 0 Å². The van der Waals surface area contributed by atoms with Crippen molar-refractivity contribution in [2.75, 3.05) is 14.2 Å². The Hall–Kier alpha value is -2.62. The highest BCUT2D eigenvalue weighted by molar-refractivity contribution is 6.26. The molecule has 0 bridgehead atoms. The summed E-state index contributed by atoms with van der Waals surface area (Å²) in [6.45, 7) is 0. The maximum Gasteiger partial charge on any atom is 0.232 e. The largest absolute Gasteiger partial charge is 0.489 e. The molecule has 0 aromatic heterocycles. The zero-order valence-electron chi connectivity index (χ0n) is 11.1. The van der Waals surface area contributed by atoms with Gasteiger partial charge in [-0.25, -0.2) is 0 Å². The van der Waals surface area contributed by atoms with Gasteiger partial charge in [-0.15, -0.1) is 0 Å². The average molecular weight is 268 g/mol. The van der Waals surface area contributed by atoms with Crippen molar-refractivity contribution in [3.8, 4) is 0 Å². The van der Waals surface area contributed by atoms with Gasteiger partial charge in [0.2, 0.25) is 23.1 Å². The Balaban J connectivity index is 2.31. The van der Waals surface area contributed by atoms with Crippen LogP contribution in [0.1, 0.15) is 20.7 Å². The highest BCUT2D eigenvalue weighted by Crippen LogP contribution is 2.30. The van der Waals surface area contributed by atoms with E-state index in [2.05, 4.69) is 0 Å². The van der Waals surface area contributed by atoms with Crippen molar-refractivity contribution in [3.05, 3.63) is 59.0 Å². The van der Waals surface area contributed by atoms with E-state index in [0.717, 1.165) is 10.8 Å². The molecule has 0 N–H and O–H groups in total. The molecule has 0 aliphatic heterocycles. The van der Waals surface area contributed by atoms with Crippen molar-refractivity contribution in [3.63, 3.8) is 0 Å². The molecule has 4 heteroatoms. The molecule has 0 radical (unpaired) electrons. The highest BCUT2D eigenvalue weighted by Gasteiger charge is 2.34. The number of methoxy groups -OCH3 is 2. The van der Waals surface area contributed by atoms with E-state index in [4.69, 9.17) is 9.47 Å². The first-order chi connectivity index (χ1) is 9.67. The lowest BCUT2D eigenvalue weighted by Gasteiger charge is -2.19. The van der Waals surface area contributed by atoms with E-state index in [1.807, 2.05) is 24.3 Å². The van der Waals surface area contributed by atoms with Crippen LogP contribution in [0.25, 0.3) is 10.8 Å². The number of rotatable bonds is 2. The van der Waals surface area contributed by atoms with Gasteiger partial charge in [0.05, 0.1) is 14.2 Å². The lowest BCUT2D eigenvalue weighted by atomic mass is 9.89. The Morgan fingerprint density at radius 1 is 0.750 bits per heavy atom. The molecule has 20 heavy (non-hydrogen) atoms. The summed E-state index contributed by atoms with van der Waals surface area (Å²) >= 11 is 0. The van der Waals surface area contributed by atoms with Crippen LogP contribution in [0.3, 0.4) is 0 Å². The lowest BCUT2D eigenvalue weighted by molar-refractivity contribution is 0.0829. The number of benzene rings is 2. The summed E-state index contributed by atoms with van der Waals surface area (Å²) in [7, 11) is 2.71. The smallest absolute Gasteiger partial charge is 0.232 e. The van der Waals surface area contributed by atoms with E-state index in [-0.39, 0.29) is 23.1 Å². The minimum Gasteiger partial charge on any atom is -0.489 e. The van der Waals surface area contributed by atoms with Gasteiger partial charge in [-0.2, -0.15) is 0 Å². The average Bonchev–Trinajstić information content (AvgIpc) is 2.49. The van der Waals surface area contributed by atoms with Crippen LogP contribution in [0.2, 0.25) is 0 Å². The molecule has 0 atom stereocenters. The van der Waals surface area contributed by atoms with E-state index in [9.17, 15) is 9.59 Å². The number of hydrogen-bond acceptors (Lipinski definition) is 4. The fourth-order valence-corrected chi connectivity index (χ4v) is 2.44. The summed E-state index contributed by atoms with van der Waals surface area (Å²) in [5.74, 6) is -0.741. The number of carbonyl (C=O) groups excluding carboxylic acids is 2. The Morgan fingerprint density at radius 3 is 1.50 bits per heavy atom. The molecule has 1 aliphatic carbocycles. The van der Waals surface area contributed by atoms with Crippen LogP contribution in [-0.4, -0.2) is 25.8 Å². The second-order valence-corrected chi connectivity index (χ2v) is 4.47. The first-order valence-corrected chi connectivity index (χ1v) is 6.12. The van der Waals surface area contributed by atoms with Gasteiger partial charge in [-0.3, -0.25) is 9.59 Å². The van der Waals surface area contributed by atoms with Crippen molar-refractivity contribution in [2.24, 2.45) is 0 Å². The minimum atomic E-state index is -0.329. The molecular weight excluding hydrogens is 256 g/mol. The number of Topliss-reactive ketones (excluding diaryl/α,β-unsaturated/α-hetero) is 2. The second kappa shape index (κ2) is 4.49. The maximum absolute atomic E-state index is 12.4. The van der Waals surface area contributed by atoms with Gasteiger partial charge in [-0.1, -0.05) is 24.3 Å². The number of ketones is 2. The number of hydrogen-bond donors (Lipinski definition) is 0. The molecule has 0 amide bonds.